The molecule has 4 heteroatoms. The molecule has 0 unspecified atom stereocenters. The molecule has 0 atom stereocenters. The average Bonchev–Trinajstić information content (AvgIpc) is 2.71. The van der Waals surface area contributed by atoms with Gasteiger partial charge < -0.3 is 14.5 Å². The van der Waals surface area contributed by atoms with Crippen molar-refractivity contribution in [2.45, 2.75) is 13.5 Å². The Labute approximate surface area is 88.9 Å². The SMILES string of the molecule is C=C(CNCc1ccco1)C(=O)OCC. The van der Waals surface area contributed by atoms with Crippen LogP contribution in [0.5, 0.6) is 0 Å². The van der Waals surface area contributed by atoms with Gasteiger partial charge in [0.05, 0.1) is 19.4 Å². The van der Waals surface area contributed by atoms with Gasteiger partial charge in [0.1, 0.15) is 5.76 Å². The normalized spacial score (nSPS) is 9.93. The Kier molecular flexibility index (Phi) is 4.63. The van der Waals surface area contributed by atoms with Gasteiger partial charge in [-0.1, -0.05) is 6.58 Å². The van der Waals surface area contributed by atoms with E-state index in [0.717, 1.165) is 5.76 Å². The van der Waals surface area contributed by atoms with E-state index in [-0.39, 0.29) is 5.97 Å². The second kappa shape index (κ2) is 6.03. The molecule has 0 aliphatic carbocycles. The first-order valence-electron chi connectivity index (χ1n) is 4.82. The lowest BCUT2D eigenvalue weighted by atomic mass is 10.3. The molecule has 0 aliphatic heterocycles. The summed E-state index contributed by atoms with van der Waals surface area (Å²) in [6.07, 6.45) is 1.61. The summed E-state index contributed by atoms with van der Waals surface area (Å²) >= 11 is 0. The van der Waals surface area contributed by atoms with E-state index in [9.17, 15) is 4.79 Å². The summed E-state index contributed by atoms with van der Waals surface area (Å²) in [6, 6.07) is 3.68. The Morgan fingerprint density at radius 3 is 3.07 bits per heavy atom. The van der Waals surface area contributed by atoms with E-state index in [4.69, 9.17) is 9.15 Å². The zero-order valence-electron chi connectivity index (χ0n) is 8.79. The summed E-state index contributed by atoms with van der Waals surface area (Å²) in [4.78, 5) is 11.2. The van der Waals surface area contributed by atoms with Crippen LogP contribution in [0.15, 0.2) is 35.0 Å². The first-order valence-corrected chi connectivity index (χ1v) is 4.82. The highest BCUT2D eigenvalue weighted by Crippen LogP contribution is 1.99. The maximum atomic E-state index is 11.2. The third kappa shape index (κ3) is 3.99. The second-order valence-electron chi connectivity index (χ2n) is 3.01. The number of ether oxygens (including phenoxy) is 1. The van der Waals surface area contributed by atoms with Crippen LogP contribution in [-0.4, -0.2) is 19.1 Å². The van der Waals surface area contributed by atoms with Gasteiger partial charge in [-0.25, -0.2) is 4.79 Å². The van der Waals surface area contributed by atoms with E-state index in [1.54, 1.807) is 13.2 Å². The van der Waals surface area contributed by atoms with Crippen molar-refractivity contribution in [2.24, 2.45) is 0 Å². The molecule has 0 aliphatic rings. The van der Waals surface area contributed by atoms with Gasteiger partial charge in [-0.2, -0.15) is 0 Å². The quantitative estimate of drug-likeness (QED) is 0.569. The van der Waals surface area contributed by atoms with Crippen LogP contribution >= 0.6 is 0 Å². The molecule has 1 aromatic rings. The van der Waals surface area contributed by atoms with Gasteiger partial charge >= 0.3 is 5.97 Å². The van der Waals surface area contributed by atoms with Gasteiger partial charge in [0.15, 0.2) is 0 Å². The number of furan rings is 1. The van der Waals surface area contributed by atoms with Gasteiger partial charge in [0, 0.05) is 12.1 Å². The molecule has 0 saturated heterocycles. The van der Waals surface area contributed by atoms with Gasteiger partial charge in [-0.15, -0.1) is 0 Å². The van der Waals surface area contributed by atoms with Crippen molar-refractivity contribution in [2.75, 3.05) is 13.2 Å². The fourth-order valence-corrected chi connectivity index (χ4v) is 1.06. The minimum Gasteiger partial charge on any atom is -0.468 e. The molecule has 15 heavy (non-hydrogen) atoms. The number of rotatable bonds is 6. The highest BCUT2D eigenvalue weighted by Gasteiger charge is 2.06. The Morgan fingerprint density at radius 1 is 1.67 bits per heavy atom. The van der Waals surface area contributed by atoms with Crippen molar-refractivity contribution in [3.05, 3.63) is 36.3 Å². The molecule has 0 amide bonds. The fourth-order valence-electron chi connectivity index (χ4n) is 1.06. The molecule has 82 valence electrons. The number of esters is 1. The van der Waals surface area contributed by atoms with E-state index in [1.807, 2.05) is 12.1 Å². The van der Waals surface area contributed by atoms with Crippen LogP contribution in [-0.2, 0) is 16.1 Å². The molecule has 1 heterocycles. The van der Waals surface area contributed by atoms with Crippen LogP contribution < -0.4 is 5.32 Å². The lowest BCUT2D eigenvalue weighted by Crippen LogP contribution is -2.21. The summed E-state index contributed by atoms with van der Waals surface area (Å²) in [6.45, 7) is 6.74. The molecule has 1 aromatic heterocycles. The first-order chi connectivity index (χ1) is 7.24. The molecule has 0 spiro atoms. The smallest absolute Gasteiger partial charge is 0.334 e. The van der Waals surface area contributed by atoms with E-state index in [1.165, 1.54) is 0 Å². The van der Waals surface area contributed by atoms with Gasteiger partial charge in [-0.3, -0.25) is 0 Å². The summed E-state index contributed by atoms with van der Waals surface area (Å²) in [7, 11) is 0. The van der Waals surface area contributed by atoms with Crippen molar-refractivity contribution in [1.82, 2.24) is 5.32 Å². The average molecular weight is 209 g/mol. The minimum absolute atomic E-state index is 0.357. The second-order valence-corrected chi connectivity index (χ2v) is 3.01. The van der Waals surface area contributed by atoms with Gasteiger partial charge in [0.2, 0.25) is 0 Å². The van der Waals surface area contributed by atoms with Crippen molar-refractivity contribution >= 4 is 5.97 Å². The number of nitrogens with one attached hydrogen (secondary N) is 1. The largest absolute Gasteiger partial charge is 0.468 e. The first kappa shape index (κ1) is 11.5. The molecular weight excluding hydrogens is 194 g/mol. The van der Waals surface area contributed by atoms with Gasteiger partial charge in [0.25, 0.3) is 0 Å². The molecule has 1 N–H and O–H groups in total. The van der Waals surface area contributed by atoms with Crippen molar-refractivity contribution in [3.63, 3.8) is 0 Å². The Hall–Kier alpha value is -1.55. The number of carbonyl (C=O) groups excluding carboxylic acids is 1. The maximum Gasteiger partial charge on any atom is 0.334 e. The minimum atomic E-state index is -0.357. The summed E-state index contributed by atoms with van der Waals surface area (Å²) in [5.74, 6) is 0.469. The Morgan fingerprint density at radius 2 is 2.47 bits per heavy atom. The molecule has 0 bridgehead atoms. The molecule has 4 nitrogen and oxygen atoms in total. The van der Waals surface area contributed by atoms with Crippen LogP contribution in [0.1, 0.15) is 12.7 Å². The Bertz CT molecular complexity index is 317. The predicted molar refractivity (Wildman–Crippen MR) is 56.2 cm³/mol. The molecule has 0 fully saturated rings. The van der Waals surface area contributed by atoms with Crippen LogP contribution in [0.25, 0.3) is 0 Å². The monoisotopic (exact) mass is 209 g/mol. The van der Waals surface area contributed by atoms with E-state index in [2.05, 4.69) is 11.9 Å². The van der Waals surface area contributed by atoms with Crippen molar-refractivity contribution in [1.29, 1.82) is 0 Å². The zero-order chi connectivity index (χ0) is 11.1. The van der Waals surface area contributed by atoms with E-state index in [0.29, 0.717) is 25.3 Å². The molecule has 0 radical (unpaired) electrons. The summed E-state index contributed by atoms with van der Waals surface area (Å²) in [5, 5.41) is 3.03. The van der Waals surface area contributed by atoms with Crippen LogP contribution in [0.2, 0.25) is 0 Å². The lowest BCUT2D eigenvalue weighted by Gasteiger charge is -2.05. The maximum absolute atomic E-state index is 11.2. The Balaban J connectivity index is 2.20. The molecule has 0 aromatic carbocycles. The highest BCUT2D eigenvalue weighted by atomic mass is 16.5. The van der Waals surface area contributed by atoms with Gasteiger partial charge in [-0.05, 0) is 19.1 Å². The molecular formula is C11H15NO3. The number of hydrogen-bond donors (Lipinski definition) is 1. The standard InChI is InChI=1S/C11H15NO3/c1-3-14-11(13)9(2)7-12-8-10-5-4-6-15-10/h4-6,12H,2-3,7-8H2,1H3. The topological polar surface area (TPSA) is 51.5 Å². The van der Waals surface area contributed by atoms with E-state index < -0.39 is 0 Å². The van der Waals surface area contributed by atoms with Crippen molar-refractivity contribution < 1.29 is 13.9 Å². The number of carbonyl (C=O) groups is 1. The van der Waals surface area contributed by atoms with Crippen LogP contribution in [0.4, 0.5) is 0 Å². The number of hydrogen-bond acceptors (Lipinski definition) is 4. The summed E-state index contributed by atoms with van der Waals surface area (Å²) in [5.41, 5.74) is 0.420. The third-order valence-electron chi connectivity index (χ3n) is 1.78. The fraction of sp³-hybridized carbons (Fsp3) is 0.364. The molecule has 1 rings (SSSR count). The van der Waals surface area contributed by atoms with Crippen LogP contribution in [0.3, 0.4) is 0 Å². The zero-order valence-corrected chi connectivity index (χ0v) is 8.79. The predicted octanol–water partition coefficient (Wildman–Crippen LogP) is 1.49. The summed E-state index contributed by atoms with van der Waals surface area (Å²) < 4.78 is 9.90. The van der Waals surface area contributed by atoms with Crippen LogP contribution in [0, 0.1) is 0 Å². The molecule has 0 saturated carbocycles. The van der Waals surface area contributed by atoms with Crippen molar-refractivity contribution in [3.8, 4) is 0 Å². The third-order valence-corrected chi connectivity index (χ3v) is 1.78. The van der Waals surface area contributed by atoms with E-state index >= 15 is 0 Å². The highest BCUT2D eigenvalue weighted by molar-refractivity contribution is 5.88. The lowest BCUT2D eigenvalue weighted by molar-refractivity contribution is -0.138.